The van der Waals surface area contributed by atoms with Gasteiger partial charge in [-0.25, -0.2) is 0 Å². The number of benzene rings is 1. The summed E-state index contributed by atoms with van der Waals surface area (Å²) in [6.45, 7) is 2.25. The van der Waals surface area contributed by atoms with E-state index in [-0.39, 0.29) is 12.3 Å². The molecule has 1 heterocycles. The maximum absolute atomic E-state index is 11.1. The number of aliphatic carboxylic acids is 1. The fraction of sp³-hybridized carbons (Fsp3) is 0.588. The van der Waals surface area contributed by atoms with E-state index in [1.54, 1.807) is 0 Å². The topological polar surface area (TPSA) is 40.5 Å². The van der Waals surface area contributed by atoms with Gasteiger partial charge in [-0.05, 0) is 77.6 Å². The first kappa shape index (κ1) is 14.9. The summed E-state index contributed by atoms with van der Waals surface area (Å²) in [5.41, 5.74) is 2.43. The molecule has 0 bridgehead atoms. The lowest BCUT2D eigenvalue weighted by atomic mass is 9.91. The maximum Gasteiger partial charge on any atom is 0.303 e. The van der Waals surface area contributed by atoms with Gasteiger partial charge in [-0.1, -0.05) is 6.07 Å². The zero-order chi connectivity index (χ0) is 14.8. The number of piperidine rings is 1. The van der Waals surface area contributed by atoms with Crippen molar-refractivity contribution in [2.45, 2.75) is 44.4 Å². The molecule has 0 spiro atoms. The molecule has 0 radical (unpaired) electrons. The van der Waals surface area contributed by atoms with E-state index in [1.165, 1.54) is 43.4 Å². The fourth-order valence-corrected chi connectivity index (χ4v) is 4.04. The summed E-state index contributed by atoms with van der Waals surface area (Å²) in [4.78, 5) is 13.5. The predicted octanol–water partition coefficient (Wildman–Crippen LogP) is 4.41. The Morgan fingerprint density at radius 1 is 1.29 bits per heavy atom. The van der Waals surface area contributed by atoms with E-state index in [0.717, 1.165) is 17.6 Å². The quantitative estimate of drug-likeness (QED) is 0.854. The van der Waals surface area contributed by atoms with Crippen LogP contribution in [0.4, 0.5) is 5.69 Å². The van der Waals surface area contributed by atoms with Crippen molar-refractivity contribution < 1.29 is 9.90 Å². The van der Waals surface area contributed by atoms with Gasteiger partial charge in [0, 0.05) is 17.6 Å². The molecule has 2 fully saturated rings. The van der Waals surface area contributed by atoms with Gasteiger partial charge in [-0.3, -0.25) is 4.79 Å². The molecule has 21 heavy (non-hydrogen) atoms. The Kier molecular flexibility index (Phi) is 4.53. The van der Waals surface area contributed by atoms with Gasteiger partial charge in [0.1, 0.15) is 0 Å². The Hall–Kier alpha value is -1.03. The standard InChI is InChI=1S/C17H22BrNO2/c18-15-10-13(14(11-17(20)21)12-4-5-12)6-7-16(15)19-8-2-1-3-9-19/h6-7,10,12,14H,1-5,8-9,11H2,(H,20,21). The summed E-state index contributed by atoms with van der Waals surface area (Å²) in [6.07, 6.45) is 6.44. The normalized spacial score (nSPS) is 20.3. The first-order chi connectivity index (χ1) is 10.1. The second kappa shape index (κ2) is 6.39. The van der Waals surface area contributed by atoms with Crippen molar-refractivity contribution in [2.75, 3.05) is 18.0 Å². The molecular weight excluding hydrogens is 330 g/mol. The Labute approximate surface area is 134 Å². The Morgan fingerprint density at radius 2 is 2.00 bits per heavy atom. The van der Waals surface area contributed by atoms with Crippen LogP contribution in [0.5, 0.6) is 0 Å². The van der Waals surface area contributed by atoms with Gasteiger partial charge in [0.15, 0.2) is 0 Å². The minimum Gasteiger partial charge on any atom is -0.481 e. The number of carbonyl (C=O) groups is 1. The molecule has 4 heteroatoms. The van der Waals surface area contributed by atoms with Crippen molar-refractivity contribution in [1.29, 1.82) is 0 Å². The summed E-state index contributed by atoms with van der Waals surface area (Å²) in [5, 5.41) is 9.13. The molecular formula is C17H22BrNO2. The average molecular weight is 352 g/mol. The monoisotopic (exact) mass is 351 g/mol. The molecule has 1 aromatic rings. The summed E-state index contributed by atoms with van der Waals surface area (Å²) >= 11 is 3.70. The van der Waals surface area contributed by atoms with Crippen LogP contribution in [0.2, 0.25) is 0 Å². The Morgan fingerprint density at radius 3 is 2.57 bits per heavy atom. The van der Waals surface area contributed by atoms with E-state index in [2.05, 4.69) is 39.0 Å². The fourth-order valence-electron chi connectivity index (χ4n) is 3.39. The number of nitrogens with zero attached hydrogens (tertiary/aromatic N) is 1. The van der Waals surface area contributed by atoms with Gasteiger partial charge in [0.2, 0.25) is 0 Å². The van der Waals surface area contributed by atoms with Crippen molar-refractivity contribution in [3.8, 4) is 0 Å². The van der Waals surface area contributed by atoms with E-state index in [0.29, 0.717) is 5.92 Å². The highest BCUT2D eigenvalue weighted by Gasteiger charge is 2.34. The molecule has 0 amide bonds. The molecule has 3 rings (SSSR count). The van der Waals surface area contributed by atoms with Crippen molar-refractivity contribution >= 4 is 27.6 Å². The minimum absolute atomic E-state index is 0.175. The molecule has 1 unspecified atom stereocenters. The van der Waals surface area contributed by atoms with Gasteiger partial charge in [-0.15, -0.1) is 0 Å². The van der Waals surface area contributed by atoms with Crippen LogP contribution in [-0.2, 0) is 4.79 Å². The van der Waals surface area contributed by atoms with E-state index >= 15 is 0 Å². The molecule has 1 aromatic carbocycles. The first-order valence-electron chi connectivity index (χ1n) is 7.91. The zero-order valence-corrected chi connectivity index (χ0v) is 13.8. The second-order valence-corrected chi connectivity index (χ2v) is 7.15. The highest BCUT2D eigenvalue weighted by Crippen LogP contribution is 2.45. The van der Waals surface area contributed by atoms with Crippen molar-refractivity contribution in [1.82, 2.24) is 0 Å². The summed E-state index contributed by atoms with van der Waals surface area (Å²) in [5.74, 6) is 0.0474. The van der Waals surface area contributed by atoms with Crippen molar-refractivity contribution in [3.05, 3.63) is 28.2 Å². The van der Waals surface area contributed by atoms with E-state index in [1.807, 2.05) is 0 Å². The molecule has 1 N–H and O–H groups in total. The van der Waals surface area contributed by atoms with Crippen molar-refractivity contribution in [2.24, 2.45) is 5.92 Å². The average Bonchev–Trinajstić information content (AvgIpc) is 3.30. The van der Waals surface area contributed by atoms with Gasteiger partial charge in [0.25, 0.3) is 0 Å². The molecule has 1 saturated heterocycles. The summed E-state index contributed by atoms with van der Waals surface area (Å²) < 4.78 is 1.11. The van der Waals surface area contributed by atoms with E-state index in [9.17, 15) is 4.79 Å². The lowest BCUT2D eigenvalue weighted by Crippen LogP contribution is -2.29. The van der Waals surface area contributed by atoms with Crippen LogP contribution < -0.4 is 4.90 Å². The van der Waals surface area contributed by atoms with Gasteiger partial charge < -0.3 is 10.0 Å². The third kappa shape index (κ3) is 3.60. The highest BCUT2D eigenvalue weighted by molar-refractivity contribution is 9.10. The van der Waals surface area contributed by atoms with Crippen molar-refractivity contribution in [3.63, 3.8) is 0 Å². The van der Waals surface area contributed by atoms with Crippen LogP contribution in [0.3, 0.4) is 0 Å². The van der Waals surface area contributed by atoms with Crippen LogP contribution in [0.1, 0.15) is 50.0 Å². The molecule has 0 aromatic heterocycles. The molecule has 1 aliphatic heterocycles. The lowest BCUT2D eigenvalue weighted by Gasteiger charge is -2.30. The summed E-state index contributed by atoms with van der Waals surface area (Å²) in [6, 6.07) is 6.46. The van der Waals surface area contributed by atoms with E-state index < -0.39 is 5.97 Å². The molecule has 3 nitrogen and oxygen atoms in total. The maximum atomic E-state index is 11.1. The summed E-state index contributed by atoms with van der Waals surface area (Å²) in [7, 11) is 0. The molecule has 2 aliphatic rings. The van der Waals surface area contributed by atoms with Gasteiger partial charge in [-0.2, -0.15) is 0 Å². The second-order valence-electron chi connectivity index (χ2n) is 6.30. The molecule has 1 saturated carbocycles. The Bertz CT molecular complexity index is 522. The number of rotatable bonds is 5. The third-order valence-electron chi connectivity index (χ3n) is 4.68. The minimum atomic E-state index is -0.692. The number of hydrogen-bond donors (Lipinski definition) is 1. The van der Waals surface area contributed by atoms with Gasteiger partial charge in [0.05, 0.1) is 12.1 Å². The lowest BCUT2D eigenvalue weighted by molar-refractivity contribution is -0.137. The Balaban J connectivity index is 1.80. The van der Waals surface area contributed by atoms with Crippen LogP contribution in [0.25, 0.3) is 0 Å². The number of carboxylic acid groups (broad SMARTS) is 1. The molecule has 1 aliphatic carbocycles. The van der Waals surface area contributed by atoms with Crippen LogP contribution >= 0.6 is 15.9 Å². The number of halogens is 1. The number of hydrogen-bond acceptors (Lipinski definition) is 2. The number of anilines is 1. The van der Waals surface area contributed by atoms with Crippen LogP contribution in [-0.4, -0.2) is 24.2 Å². The molecule has 114 valence electrons. The van der Waals surface area contributed by atoms with E-state index in [4.69, 9.17) is 5.11 Å². The zero-order valence-electron chi connectivity index (χ0n) is 12.2. The largest absolute Gasteiger partial charge is 0.481 e. The van der Waals surface area contributed by atoms with Crippen LogP contribution in [0, 0.1) is 5.92 Å². The third-order valence-corrected chi connectivity index (χ3v) is 5.32. The number of carboxylic acids is 1. The smallest absolute Gasteiger partial charge is 0.303 e. The molecule has 1 atom stereocenters. The van der Waals surface area contributed by atoms with Gasteiger partial charge >= 0.3 is 5.97 Å². The first-order valence-corrected chi connectivity index (χ1v) is 8.70. The van der Waals surface area contributed by atoms with Crippen LogP contribution in [0.15, 0.2) is 22.7 Å². The SMILES string of the molecule is O=C(O)CC(c1ccc(N2CCCCC2)c(Br)c1)C1CC1. The predicted molar refractivity (Wildman–Crippen MR) is 87.9 cm³/mol. The highest BCUT2D eigenvalue weighted by atomic mass is 79.9.